The minimum Gasteiger partial charge on any atom is -0.486 e. The van der Waals surface area contributed by atoms with Crippen molar-refractivity contribution in [2.45, 2.75) is 27.0 Å². The highest BCUT2D eigenvalue weighted by molar-refractivity contribution is 7.16. The molecule has 0 atom stereocenters. The molecule has 3 rings (SSSR count). The number of rotatable bonds is 7. The Morgan fingerprint density at radius 3 is 2.54 bits per heavy atom. The van der Waals surface area contributed by atoms with Crippen LogP contribution in [0.15, 0.2) is 24.3 Å². The average molecular weight is 372 g/mol. The summed E-state index contributed by atoms with van der Waals surface area (Å²) in [5.74, 6) is 1.16. The minimum absolute atomic E-state index is 0. The lowest BCUT2D eigenvalue weighted by atomic mass is 10.3. The molecule has 9 heteroatoms. The third-order valence-electron chi connectivity index (χ3n) is 3.53. The molecule has 0 saturated heterocycles. The van der Waals surface area contributed by atoms with Crippen LogP contribution in [-0.4, -0.2) is 37.8 Å². The Morgan fingerprint density at radius 1 is 1.17 bits per heavy atom. The van der Waals surface area contributed by atoms with Crippen LogP contribution < -0.4 is 4.74 Å². The van der Waals surface area contributed by atoms with E-state index in [-0.39, 0.29) is 18.2 Å². The topological polar surface area (TPSA) is 55.5 Å². The highest BCUT2D eigenvalue weighted by Crippen LogP contribution is 2.18. The summed E-state index contributed by atoms with van der Waals surface area (Å²) in [6, 6.07) is 5.94. The molecule has 6 nitrogen and oxygen atoms in total. The lowest BCUT2D eigenvalue weighted by Crippen LogP contribution is -2.23. The van der Waals surface area contributed by atoms with Crippen molar-refractivity contribution in [2.24, 2.45) is 0 Å². The first-order chi connectivity index (χ1) is 11.2. The maximum atomic E-state index is 12.9. The Kier molecular flexibility index (Phi) is 6.47. The lowest BCUT2D eigenvalue weighted by Gasteiger charge is -2.15. The summed E-state index contributed by atoms with van der Waals surface area (Å²) < 4.78 is 20.3. The van der Waals surface area contributed by atoms with E-state index in [9.17, 15) is 4.39 Å². The molecule has 2 aromatic heterocycles. The molecule has 3 aromatic rings. The fourth-order valence-corrected chi connectivity index (χ4v) is 2.94. The highest BCUT2D eigenvalue weighted by atomic mass is 35.5. The predicted molar refractivity (Wildman–Crippen MR) is 93.3 cm³/mol. The zero-order valence-electron chi connectivity index (χ0n) is 13.5. The molecule has 0 saturated carbocycles. The third kappa shape index (κ3) is 4.19. The van der Waals surface area contributed by atoms with Crippen LogP contribution >= 0.6 is 23.7 Å². The van der Waals surface area contributed by atoms with Crippen molar-refractivity contribution in [1.82, 2.24) is 24.7 Å². The van der Waals surface area contributed by atoms with Crippen molar-refractivity contribution in [2.75, 3.05) is 13.1 Å². The largest absolute Gasteiger partial charge is 0.486 e. The maximum Gasteiger partial charge on any atom is 0.234 e. The van der Waals surface area contributed by atoms with Gasteiger partial charge in [0.15, 0.2) is 10.8 Å². The molecule has 2 heterocycles. The molecule has 0 radical (unpaired) electrons. The first-order valence-electron chi connectivity index (χ1n) is 7.50. The first-order valence-corrected chi connectivity index (χ1v) is 8.32. The van der Waals surface area contributed by atoms with Crippen LogP contribution in [0.3, 0.4) is 0 Å². The van der Waals surface area contributed by atoms with Gasteiger partial charge in [-0.15, -0.1) is 22.6 Å². The molecule has 0 aliphatic rings. The van der Waals surface area contributed by atoms with Gasteiger partial charge in [-0.3, -0.25) is 4.90 Å². The molecular formula is C15H19ClFN5OS. The Hall–Kier alpha value is -1.77. The highest BCUT2D eigenvalue weighted by Gasteiger charge is 2.14. The van der Waals surface area contributed by atoms with E-state index in [1.54, 1.807) is 16.6 Å². The fourth-order valence-electron chi connectivity index (χ4n) is 2.18. The van der Waals surface area contributed by atoms with Gasteiger partial charge in [0.05, 0.1) is 6.54 Å². The number of aromatic nitrogens is 4. The third-order valence-corrected chi connectivity index (χ3v) is 4.40. The molecule has 0 fully saturated rings. The number of hydrogen-bond donors (Lipinski definition) is 0. The fraction of sp³-hybridized carbons (Fsp3) is 0.400. The van der Waals surface area contributed by atoms with E-state index in [0.717, 1.165) is 35.4 Å². The summed E-state index contributed by atoms with van der Waals surface area (Å²) in [6.45, 7) is 7.18. The van der Waals surface area contributed by atoms with Crippen molar-refractivity contribution in [3.05, 3.63) is 40.9 Å². The number of ether oxygens (including phenoxy) is 1. The maximum absolute atomic E-state index is 12.9. The van der Waals surface area contributed by atoms with Gasteiger partial charge in [0, 0.05) is 0 Å². The van der Waals surface area contributed by atoms with E-state index < -0.39 is 0 Å². The predicted octanol–water partition coefficient (Wildman–Crippen LogP) is 3.17. The van der Waals surface area contributed by atoms with E-state index in [2.05, 4.69) is 34.0 Å². The molecule has 24 heavy (non-hydrogen) atoms. The second-order valence-electron chi connectivity index (χ2n) is 5.01. The van der Waals surface area contributed by atoms with Crippen LogP contribution in [0, 0.1) is 5.82 Å². The second kappa shape index (κ2) is 8.36. The van der Waals surface area contributed by atoms with Crippen molar-refractivity contribution >= 4 is 28.7 Å². The number of benzene rings is 1. The smallest absolute Gasteiger partial charge is 0.234 e. The molecule has 0 amide bonds. The molecule has 0 N–H and O–H groups in total. The van der Waals surface area contributed by atoms with Gasteiger partial charge in [-0.25, -0.2) is 4.39 Å². The molecule has 1 aromatic carbocycles. The Balaban J connectivity index is 0.00000208. The monoisotopic (exact) mass is 371 g/mol. The van der Waals surface area contributed by atoms with E-state index >= 15 is 0 Å². The van der Waals surface area contributed by atoms with Gasteiger partial charge in [-0.1, -0.05) is 25.2 Å². The molecule has 0 aliphatic carbocycles. The van der Waals surface area contributed by atoms with E-state index in [1.165, 1.54) is 23.5 Å². The molecule has 0 spiro atoms. The number of halogens is 2. The van der Waals surface area contributed by atoms with Crippen LogP contribution in [0.4, 0.5) is 4.39 Å². The van der Waals surface area contributed by atoms with Crippen molar-refractivity contribution in [3.63, 3.8) is 0 Å². The lowest BCUT2D eigenvalue weighted by molar-refractivity contribution is 0.284. The van der Waals surface area contributed by atoms with Gasteiger partial charge in [0.2, 0.25) is 4.96 Å². The summed E-state index contributed by atoms with van der Waals surface area (Å²) in [6.07, 6.45) is 0. The van der Waals surface area contributed by atoms with E-state index in [0.29, 0.717) is 12.4 Å². The SMILES string of the molecule is CCN(CC)Cc1nnc2sc(COc3ccc(F)cc3)nn12.Cl. The summed E-state index contributed by atoms with van der Waals surface area (Å²) in [5.41, 5.74) is 0. The van der Waals surface area contributed by atoms with Crippen LogP contribution in [0.25, 0.3) is 4.96 Å². The Labute approximate surface area is 149 Å². The van der Waals surface area contributed by atoms with Crippen molar-refractivity contribution in [1.29, 1.82) is 0 Å². The zero-order valence-corrected chi connectivity index (χ0v) is 15.1. The quantitative estimate of drug-likeness (QED) is 0.638. The van der Waals surface area contributed by atoms with Gasteiger partial charge < -0.3 is 4.74 Å². The number of hydrogen-bond acceptors (Lipinski definition) is 6. The summed E-state index contributed by atoms with van der Waals surface area (Å²) >= 11 is 1.44. The van der Waals surface area contributed by atoms with Crippen molar-refractivity contribution in [3.8, 4) is 5.75 Å². The van der Waals surface area contributed by atoms with Gasteiger partial charge in [0.1, 0.15) is 18.2 Å². The normalized spacial score (nSPS) is 11.0. The standard InChI is InChI=1S/C15H18FN5OS.ClH/c1-3-20(4-2)9-13-17-18-15-21(13)19-14(23-15)10-22-12-7-5-11(16)6-8-12;/h5-8H,3-4,9-10H2,1-2H3;1H. The van der Waals surface area contributed by atoms with E-state index in [1.807, 2.05) is 0 Å². The zero-order chi connectivity index (χ0) is 16.2. The van der Waals surface area contributed by atoms with E-state index in [4.69, 9.17) is 4.74 Å². The number of nitrogens with zero attached hydrogens (tertiary/aromatic N) is 5. The molecule has 0 bridgehead atoms. The first kappa shape index (κ1) is 18.6. The van der Waals surface area contributed by atoms with Gasteiger partial charge in [0.25, 0.3) is 0 Å². The van der Waals surface area contributed by atoms with Crippen molar-refractivity contribution < 1.29 is 9.13 Å². The van der Waals surface area contributed by atoms with Crippen LogP contribution in [-0.2, 0) is 13.2 Å². The molecule has 130 valence electrons. The van der Waals surface area contributed by atoms with Crippen LogP contribution in [0.1, 0.15) is 24.7 Å². The van der Waals surface area contributed by atoms with Gasteiger partial charge >= 0.3 is 0 Å². The van der Waals surface area contributed by atoms with Crippen LogP contribution in [0.5, 0.6) is 5.75 Å². The number of fused-ring (bicyclic) bond motifs is 1. The minimum atomic E-state index is -0.280. The molecule has 0 unspecified atom stereocenters. The summed E-state index contributed by atoms with van der Waals surface area (Å²) in [7, 11) is 0. The summed E-state index contributed by atoms with van der Waals surface area (Å²) in [4.78, 5) is 3.01. The molecule has 0 aliphatic heterocycles. The average Bonchev–Trinajstić information content (AvgIpc) is 3.13. The Morgan fingerprint density at radius 2 is 1.88 bits per heavy atom. The molecular weight excluding hydrogens is 353 g/mol. The summed E-state index contributed by atoms with van der Waals surface area (Å²) in [5, 5.41) is 13.7. The Bertz CT molecular complexity index is 772. The second-order valence-corrected chi connectivity index (χ2v) is 6.05. The van der Waals surface area contributed by atoms with Gasteiger partial charge in [-0.2, -0.15) is 9.61 Å². The van der Waals surface area contributed by atoms with Crippen LogP contribution in [0.2, 0.25) is 0 Å². The van der Waals surface area contributed by atoms with Gasteiger partial charge in [-0.05, 0) is 37.4 Å².